The summed E-state index contributed by atoms with van der Waals surface area (Å²) in [5.41, 5.74) is 3.34. The zero-order chi connectivity index (χ0) is 19.7. The van der Waals surface area contributed by atoms with E-state index in [1.807, 2.05) is 49.4 Å². The molecule has 1 amide bonds. The Morgan fingerprint density at radius 2 is 1.71 bits per heavy atom. The van der Waals surface area contributed by atoms with Crippen molar-refractivity contribution in [2.24, 2.45) is 0 Å². The van der Waals surface area contributed by atoms with E-state index in [1.165, 1.54) is 11.3 Å². The highest BCUT2D eigenvalue weighted by molar-refractivity contribution is 7.22. The molecule has 0 aliphatic carbocycles. The second-order valence-corrected chi connectivity index (χ2v) is 8.25. The monoisotopic (exact) mass is 426 g/mol. The smallest absolute Gasteiger partial charge is 0.260 e. The van der Waals surface area contributed by atoms with Crippen LogP contribution in [0, 0.1) is 6.92 Å². The van der Waals surface area contributed by atoms with Crippen molar-refractivity contribution in [3.63, 3.8) is 0 Å². The topological polar surface area (TPSA) is 33.2 Å². The minimum atomic E-state index is -0.122. The number of aromatic nitrogens is 1. The number of fused-ring (bicyclic) bond motifs is 1. The molecule has 1 aromatic heterocycles. The molecular formula is C22H16Cl2N2OS. The Bertz CT molecular complexity index is 1140. The third kappa shape index (κ3) is 3.76. The van der Waals surface area contributed by atoms with Crippen LogP contribution >= 0.6 is 34.5 Å². The first kappa shape index (κ1) is 18.9. The fraction of sp³-hybridized carbons (Fsp3) is 0.0909. The lowest BCUT2D eigenvalue weighted by Gasteiger charge is -2.20. The maximum Gasteiger partial charge on any atom is 0.260 e. The predicted molar refractivity (Wildman–Crippen MR) is 118 cm³/mol. The Morgan fingerprint density at radius 3 is 2.43 bits per heavy atom. The van der Waals surface area contributed by atoms with Gasteiger partial charge in [-0.3, -0.25) is 9.69 Å². The van der Waals surface area contributed by atoms with Crippen molar-refractivity contribution >= 4 is 55.8 Å². The van der Waals surface area contributed by atoms with E-state index in [0.29, 0.717) is 27.3 Å². The molecule has 0 aliphatic heterocycles. The van der Waals surface area contributed by atoms with Crippen molar-refractivity contribution in [2.75, 3.05) is 4.90 Å². The molecule has 0 saturated carbocycles. The van der Waals surface area contributed by atoms with Gasteiger partial charge in [0.2, 0.25) is 0 Å². The molecule has 0 atom stereocenters. The summed E-state index contributed by atoms with van der Waals surface area (Å²) in [6.07, 6.45) is 0. The number of benzene rings is 3. The van der Waals surface area contributed by atoms with E-state index in [2.05, 4.69) is 0 Å². The predicted octanol–water partition coefficient (Wildman–Crippen LogP) is 6.76. The zero-order valence-electron chi connectivity index (χ0n) is 15.0. The van der Waals surface area contributed by atoms with Gasteiger partial charge in [-0.2, -0.15) is 0 Å². The number of amides is 1. The first-order chi connectivity index (χ1) is 13.5. The van der Waals surface area contributed by atoms with Crippen LogP contribution in [0.5, 0.6) is 0 Å². The quantitative estimate of drug-likeness (QED) is 0.361. The number of anilines is 1. The minimum Gasteiger partial charge on any atom is -0.279 e. The Kier molecular flexibility index (Phi) is 5.36. The zero-order valence-corrected chi connectivity index (χ0v) is 17.4. The second-order valence-electron chi connectivity index (χ2n) is 6.40. The van der Waals surface area contributed by atoms with Crippen LogP contribution in [0.3, 0.4) is 0 Å². The average molecular weight is 427 g/mol. The number of thiazole rings is 1. The molecule has 6 heteroatoms. The molecule has 4 aromatic rings. The minimum absolute atomic E-state index is 0.122. The number of carbonyl (C=O) groups excluding carboxylic acids is 1. The molecule has 0 bridgehead atoms. The fourth-order valence-corrected chi connectivity index (χ4v) is 4.25. The number of aryl methyl sites for hydroxylation is 1. The molecule has 0 saturated heterocycles. The molecule has 3 aromatic carbocycles. The standard InChI is InChI=1S/C22H16Cl2N2OS/c1-14-18(24)11-12-19-20(14)25-22(28-19)26(13-15-5-3-2-4-6-15)21(27)16-7-9-17(23)10-8-16/h2-12H,13H2,1H3. The molecule has 4 rings (SSSR count). The Balaban J connectivity index is 1.79. The van der Waals surface area contributed by atoms with E-state index >= 15 is 0 Å². The van der Waals surface area contributed by atoms with Gasteiger partial charge in [-0.1, -0.05) is 64.9 Å². The van der Waals surface area contributed by atoms with Gasteiger partial charge in [0.1, 0.15) is 0 Å². The number of halogens is 2. The summed E-state index contributed by atoms with van der Waals surface area (Å²) in [6.45, 7) is 2.37. The molecule has 0 fully saturated rings. The van der Waals surface area contributed by atoms with Crippen LogP contribution in [0.4, 0.5) is 5.13 Å². The summed E-state index contributed by atoms with van der Waals surface area (Å²) in [4.78, 5) is 19.8. The van der Waals surface area contributed by atoms with E-state index < -0.39 is 0 Å². The summed E-state index contributed by atoms with van der Waals surface area (Å²) in [6, 6.07) is 20.6. The van der Waals surface area contributed by atoms with Crippen molar-refractivity contribution in [3.8, 4) is 0 Å². The molecule has 140 valence electrons. The maximum absolute atomic E-state index is 13.3. The third-order valence-electron chi connectivity index (χ3n) is 4.49. The highest BCUT2D eigenvalue weighted by atomic mass is 35.5. The van der Waals surface area contributed by atoms with Gasteiger partial charge in [0.05, 0.1) is 16.8 Å². The Hall–Kier alpha value is -2.40. The lowest BCUT2D eigenvalue weighted by molar-refractivity contribution is 0.0985. The van der Waals surface area contributed by atoms with Gasteiger partial charge in [-0.15, -0.1) is 0 Å². The first-order valence-corrected chi connectivity index (χ1v) is 10.3. The highest BCUT2D eigenvalue weighted by Gasteiger charge is 2.22. The summed E-state index contributed by atoms with van der Waals surface area (Å²) in [7, 11) is 0. The number of hydrogen-bond acceptors (Lipinski definition) is 3. The van der Waals surface area contributed by atoms with Crippen LogP contribution in [0.25, 0.3) is 10.2 Å². The van der Waals surface area contributed by atoms with Crippen LogP contribution < -0.4 is 4.90 Å². The van der Waals surface area contributed by atoms with Crippen molar-refractivity contribution in [1.82, 2.24) is 4.98 Å². The second kappa shape index (κ2) is 7.92. The van der Waals surface area contributed by atoms with Crippen molar-refractivity contribution in [1.29, 1.82) is 0 Å². The molecule has 0 radical (unpaired) electrons. The number of carbonyl (C=O) groups is 1. The molecule has 0 aliphatic rings. The van der Waals surface area contributed by atoms with Crippen LogP contribution in [0.15, 0.2) is 66.7 Å². The van der Waals surface area contributed by atoms with Gasteiger partial charge in [-0.05, 0) is 54.4 Å². The van der Waals surface area contributed by atoms with E-state index in [4.69, 9.17) is 28.2 Å². The van der Waals surface area contributed by atoms with Crippen LogP contribution in [0.1, 0.15) is 21.5 Å². The van der Waals surface area contributed by atoms with Gasteiger partial charge in [-0.25, -0.2) is 4.98 Å². The SMILES string of the molecule is Cc1c(Cl)ccc2sc(N(Cc3ccccc3)C(=O)c3ccc(Cl)cc3)nc12. The van der Waals surface area contributed by atoms with Crippen LogP contribution in [-0.4, -0.2) is 10.9 Å². The van der Waals surface area contributed by atoms with Gasteiger partial charge >= 0.3 is 0 Å². The van der Waals surface area contributed by atoms with Gasteiger partial charge in [0.25, 0.3) is 5.91 Å². The van der Waals surface area contributed by atoms with E-state index in [9.17, 15) is 4.79 Å². The summed E-state index contributed by atoms with van der Waals surface area (Å²) in [5, 5.41) is 1.91. The Labute approximate surface area is 177 Å². The summed E-state index contributed by atoms with van der Waals surface area (Å²) in [5.74, 6) is -0.122. The molecule has 0 spiro atoms. The van der Waals surface area contributed by atoms with Crippen LogP contribution in [-0.2, 0) is 6.54 Å². The number of nitrogens with zero attached hydrogens (tertiary/aromatic N) is 2. The van der Waals surface area contributed by atoms with Gasteiger partial charge < -0.3 is 0 Å². The van der Waals surface area contributed by atoms with Gasteiger partial charge in [0, 0.05) is 15.6 Å². The van der Waals surface area contributed by atoms with Crippen molar-refractivity contribution < 1.29 is 4.79 Å². The lowest BCUT2D eigenvalue weighted by atomic mass is 10.1. The average Bonchev–Trinajstić information content (AvgIpc) is 3.15. The van der Waals surface area contributed by atoms with E-state index in [0.717, 1.165) is 21.3 Å². The molecule has 0 N–H and O–H groups in total. The van der Waals surface area contributed by atoms with E-state index in [1.54, 1.807) is 29.2 Å². The third-order valence-corrected chi connectivity index (χ3v) is 6.19. The molecular weight excluding hydrogens is 411 g/mol. The maximum atomic E-state index is 13.3. The van der Waals surface area contributed by atoms with Crippen molar-refractivity contribution in [3.05, 3.63) is 93.5 Å². The highest BCUT2D eigenvalue weighted by Crippen LogP contribution is 2.34. The molecule has 1 heterocycles. The summed E-state index contributed by atoms with van der Waals surface area (Å²) >= 11 is 13.7. The molecule has 28 heavy (non-hydrogen) atoms. The molecule has 0 unspecified atom stereocenters. The first-order valence-electron chi connectivity index (χ1n) is 8.70. The number of rotatable bonds is 4. The normalized spacial score (nSPS) is 11.0. The Morgan fingerprint density at radius 1 is 1.00 bits per heavy atom. The number of hydrogen-bond donors (Lipinski definition) is 0. The lowest BCUT2D eigenvalue weighted by Crippen LogP contribution is -2.30. The van der Waals surface area contributed by atoms with Crippen molar-refractivity contribution in [2.45, 2.75) is 13.5 Å². The van der Waals surface area contributed by atoms with Crippen LogP contribution in [0.2, 0.25) is 10.0 Å². The van der Waals surface area contributed by atoms with Gasteiger partial charge in [0.15, 0.2) is 5.13 Å². The van der Waals surface area contributed by atoms with E-state index in [-0.39, 0.29) is 5.91 Å². The summed E-state index contributed by atoms with van der Waals surface area (Å²) < 4.78 is 0.999. The molecule has 3 nitrogen and oxygen atoms in total. The fourth-order valence-electron chi connectivity index (χ4n) is 2.94. The largest absolute Gasteiger partial charge is 0.279 e.